The number of nitrogens with zero attached hydrogens (tertiary/aromatic N) is 2. The highest BCUT2D eigenvalue weighted by Crippen LogP contribution is 2.21. The van der Waals surface area contributed by atoms with Gasteiger partial charge in [-0.15, -0.1) is 0 Å². The van der Waals surface area contributed by atoms with Gasteiger partial charge < -0.3 is 5.32 Å². The first kappa shape index (κ1) is 17.9. The molecule has 1 aliphatic rings. The van der Waals surface area contributed by atoms with E-state index >= 15 is 0 Å². The lowest BCUT2D eigenvalue weighted by atomic mass is 10.0. The summed E-state index contributed by atoms with van der Waals surface area (Å²) < 4.78 is 0. The second kappa shape index (κ2) is 9.01. The van der Waals surface area contributed by atoms with Gasteiger partial charge in [-0.1, -0.05) is 41.5 Å². The van der Waals surface area contributed by atoms with E-state index in [-0.39, 0.29) is 0 Å². The molecule has 1 heterocycles. The second-order valence-electron chi connectivity index (χ2n) is 7.02. The summed E-state index contributed by atoms with van der Waals surface area (Å²) in [6, 6.07) is 1.46. The number of likely N-dealkylation sites (N-methyl/N-ethyl adjacent to an activating group) is 1. The molecule has 2 atom stereocenters. The molecule has 2 unspecified atom stereocenters. The van der Waals surface area contributed by atoms with Crippen LogP contribution in [0.5, 0.6) is 0 Å². The molecule has 1 aliphatic heterocycles. The van der Waals surface area contributed by atoms with Crippen LogP contribution in [0.3, 0.4) is 0 Å². The van der Waals surface area contributed by atoms with Crippen LogP contribution in [0.4, 0.5) is 0 Å². The smallest absolute Gasteiger partial charge is 0.0244 e. The summed E-state index contributed by atoms with van der Waals surface area (Å²) in [6.07, 6.45) is 1.34. The van der Waals surface area contributed by atoms with Gasteiger partial charge in [0.2, 0.25) is 0 Å². The Bertz CT molecular complexity index is 249. The molecule has 0 saturated carbocycles. The van der Waals surface area contributed by atoms with E-state index in [1.54, 1.807) is 0 Å². The van der Waals surface area contributed by atoms with Gasteiger partial charge in [0.15, 0.2) is 0 Å². The highest BCUT2D eigenvalue weighted by molar-refractivity contribution is 4.88. The molecule has 120 valence electrons. The predicted octanol–water partition coefficient (Wildman–Crippen LogP) is 2.67. The van der Waals surface area contributed by atoms with E-state index in [1.807, 2.05) is 0 Å². The molecular formula is C17H37N3. The van der Waals surface area contributed by atoms with Crippen LogP contribution in [0.2, 0.25) is 0 Å². The largest absolute Gasteiger partial charge is 0.315 e. The SMILES string of the molecule is CCN(CC)C1CCN(C(CNCC(C)C)C(C)C)C1. The number of hydrogen-bond donors (Lipinski definition) is 1. The van der Waals surface area contributed by atoms with Crippen molar-refractivity contribution in [3.8, 4) is 0 Å². The highest BCUT2D eigenvalue weighted by atomic mass is 15.3. The first-order valence-electron chi connectivity index (χ1n) is 8.68. The third-order valence-electron chi connectivity index (χ3n) is 4.67. The van der Waals surface area contributed by atoms with Crippen LogP contribution in [-0.2, 0) is 0 Å². The summed E-state index contributed by atoms with van der Waals surface area (Å²) in [7, 11) is 0. The summed E-state index contributed by atoms with van der Waals surface area (Å²) in [5.74, 6) is 1.47. The van der Waals surface area contributed by atoms with Gasteiger partial charge in [-0.25, -0.2) is 0 Å². The van der Waals surface area contributed by atoms with E-state index in [1.165, 1.54) is 32.6 Å². The van der Waals surface area contributed by atoms with Gasteiger partial charge in [0.25, 0.3) is 0 Å². The van der Waals surface area contributed by atoms with Crippen molar-refractivity contribution in [2.45, 2.75) is 60.0 Å². The standard InChI is InChI=1S/C17H37N3/c1-7-19(8-2)16-9-10-20(13-16)17(15(5)6)12-18-11-14(3)4/h14-18H,7-13H2,1-6H3. The Kier molecular flexibility index (Phi) is 8.08. The molecule has 1 fully saturated rings. The lowest BCUT2D eigenvalue weighted by Gasteiger charge is -2.33. The summed E-state index contributed by atoms with van der Waals surface area (Å²) >= 11 is 0. The van der Waals surface area contributed by atoms with Crippen molar-refractivity contribution in [2.24, 2.45) is 11.8 Å². The van der Waals surface area contributed by atoms with Crippen molar-refractivity contribution in [3.05, 3.63) is 0 Å². The molecule has 0 spiro atoms. The minimum Gasteiger partial charge on any atom is -0.315 e. The van der Waals surface area contributed by atoms with E-state index in [9.17, 15) is 0 Å². The average Bonchev–Trinajstić information content (AvgIpc) is 2.84. The Morgan fingerprint density at radius 1 is 1.10 bits per heavy atom. The zero-order chi connectivity index (χ0) is 15.1. The predicted molar refractivity (Wildman–Crippen MR) is 89.2 cm³/mol. The fraction of sp³-hybridized carbons (Fsp3) is 1.00. The van der Waals surface area contributed by atoms with Crippen LogP contribution in [0.15, 0.2) is 0 Å². The Morgan fingerprint density at radius 2 is 1.75 bits per heavy atom. The quantitative estimate of drug-likeness (QED) is 0.702. The van der Waals surface area contributed by atoms with Gasteiger partial charge in [-0.05, 0) is 37.9 Å². The van der Waals surface area contributed by atoms with E-state index < -0.39 is 0 Å². The molecule has 0 aromatic rings. The van der Waals surface area contributed by atoms with E-state index in [0.29, 0.717) is 6.04 Å². The number of nitrogens with one attached hydrogen (secondary N) is 1. The summed E-state index contributed by atoms with van der Waals surface area (Å²) in [4.78, 5) is 5.35. The third-order valence-corrected chi connectivity index (χ3v) is 4.67. The van der Waals surface area contributed by atoms with E-state index in [2.05, 4.69) is 56.7 Å². The van der Waals surface area contributed by atoms with Crippen molar-refractivity contribution in [1.29, 1.82) is 0 Å². The summed E-state index contributed by atoms with van der Waals surface area (Å²) in [5, 5.41) is 3.66. The number of hydrogen-bond acceptors (Lipinski definition) is 3. The van der Waals surface area contributed by atoms with Gasteiger partial charge in [0, 0.05) is 31.7 Å². The minimum absolute atomic E-state index is 0.689. The maximum atomic E-state index is 3.66. The van der Waals surface area contributed by atoms with Crippen LogP contribution < -0.4 is 5.32 Å². The Labute approximate surface area is 127 Å². The molecule has 0 aromatic heterocycles. The van der Waals surface area contributed by atoms with Crippen LogP contribution in [0.1, 0.15) is 48.0 Å². The van der Waals surface area contributed by atoms with E-state index in [0.717, 1.165) is 31.0 Å². The molecule has 0 amide bonds. The van der Waals surface area contributed by atoms with Gasteiger partial charge in [0.05, 0.1) is 0 Å². The molecule has 3 heteroatoms. The van der Waals surface area contributed by atoms with Gasteiger partial charge in [0.1, 0.15) is 0 Å². The van der Waals surface area contributed by atoms with Gasteiger partial charge in [-0.2, -0.15) is 0 Å². The van der Waals surface area contributed by atoms with Crippen molar-refractivity contribution in [1.82, 2.24) is 15.1 Å². The molecule has 0 aliphatic carbocycles. The average molecular weight is 284 g/mol. The molecule has 0 bridgehead atoms. The molecule has 20 heavy (non-hydrogen) atoms. The van der Waals surface area contributed by atoms with Crippen molar-refractivity contribution in [3.63, 3.8) is 0 Å². The Hall–Kier alpha value is -0.120. The summed E-state index contributed by atoms with van der Waals surface area (Å²) in [6.45, 7) is 21.1. The van der Waals surface area contributed by atoms with Crippen LogP contribution in [0.25, 0.3) is 0 Å². The topological polar surface area (TPSA) is 18.5 Å². The first-order chi connectivity index (χ1) is 9.49. The Balaban J connectivity index is 2.48. The molecule has 3 nitrogen and oxygen atoms in total. The monoisotopic (exact) mass is 283 g/mol. The molecular weight excluding hydrogens is 246 g/mol. The van der Waals surface area contributed by atoms with Crippen molar-refractivity contribution in [2.75, 3.05) is 39.3 Å². The first-order valence-corrected chi connectivity index (χ1v) is 8.68. The lowest BCUT2D eigenvalue weighted by Crippen LogP contribution is -2.46. The minimum atomic E-state index is 0.689. The summed E-state index contributed by atoms with van der Waals surface area (Å²) in [5.41, 5.74) is 0. The van der Waals surface area contributed by atoms with Gasteiger partial charge in [-0.3, -0.25) is 9.80 Å². The normalized spacial score (nSPS) is 22.4. The zero-order valence-corrected chi connectivity index (χ0v) is 14.7. The van der Waals surface area contributed by atoms with Crippen LogP contribution in [0, 0.1) is 11.8 Å². The highest BCUT2D eigenvalue weighted by Gasteiger charge is 2.31. The lowest BCUT2D eigenvalue weighted by molar-refractivity contribution is 0.158. The zero-order valence-electron chi connectivity index (χ0n) is 14.7. The molecule has 1 saturated heterocycles. The fourth-order valence-electron chi connectivity index (χ4n) is 3.41. The maximum absolute atomic E-state index is 3.66. The third kappa shape index (κ3) is 5.34. The number of rotatable bonds is 9. The van der Waals surface area contributed by atoms with Gasteiger partial charge >= 0.3 is 0 Å². The number of likely N-dealkylation sites (tertiary alicyclic amines) is 1. The van der Waals surface area contributed by atoms with E-state index in [4.69, 9.17) is 0 Å². The maximum Gasteiger partial charge on any atom is 0.0244 e. The Morgan fingerprint density at radius 3 is 2.25 bits per heavy atom. The molecule has 0 radical (unpaired) electrons. The van der Waals surface area contributed by atoms with Crippen molar-refractivity contribution >= 4 is 0 Å². The second-order valence-corrected chi connectivity index (χ2v) is 7.02. The molecule has 1 N–H and O–H groups in total. The fourth-order valence-corrected chi connectivity index (χ4v) is 3.41. The van der Waals surface area contributed by atoms with Crippen molar-refractivity contribution < 1.29 is 0 Å². The molecule has 0 aromatic carbocycles. The molecule has 1 rings (SSSR count). The van der Waals surface area contributed by atoms with Crippen LogP contribution in [-0.4, -0.2) is 61.2 Å². The van der Waals surface area contributed by atoms with Crippen LogP contribution >= 0.6 is 0 Å².